The van der Waals surface area contributed by atoms with E-state index in [1.807, 2.05) is 0 Å². The molecule has 3 atom stereocenters. The Bertz CT molecular complexity index is 791. The number of anilines is 1. The van der Waals surface area contributed by atoms with Crippen LogP contribution in [0.5, 0.6) is 5.75 Å². The molecule has 7 heteroatoms. The Kier molecular flexibility index (Phi) is 4.81. The van der Waals surface area contributed by atoms with Crippen LogP contribution >= 0.6 is 0 Å². The minimum Gasteiger partial charge on any atom is -0.482 e. The molecule has 138 valence electrons. The normalized spacial score (nSPS) is 26.8. The Morgan fingerprint density at radius 2 is 1.96 bits per heavy atom. The lowest BCUT2D eigenvalue weighted by molar-refractivity contribution is -0.118. The van der Waals surface area contributed by atoms with E-state index in [4.69, 9.17) is 4.74 Å². The van der Waals surface area contributed by atoms with Gasteiger partial charge in [0.2, 0.25) is 10.0 Å². The third-order valence-corrected chi connectivity index (χ3v) is 7.72. The van der Waals surface area contributed by atoms with Crippen LogP contribution in [-0.2, 0) is 14.8 Å². The molecule has 1 aromatic carbocycles. The summed E-state index contributed by atoms with van der Waals surface area (Å²) >= 11 is 0. The number of nitrogens with zero attached hydrogens (tertiary/aromatic N) is 1. The molecule has 25 heavy (non-hydrogen) atoms. The molecule has 0 spiro atoms. The van der Waals surface area contributed by atoms with Crippen molar-refractivity contribution in [2.45, 2.75) is 51.0 Å². The number of hydrogen-bond acceptors (Lipinski definition) is 4. The largest absolute Gasteiger partial charge is 0.482 e. The zero-order chi connectivity index (χ0) is 18.4. The van der Waals surface area contributed by atoms with E-state index < -0.39 is 10.0 Å². The molecule has 1 saturated carbocycles. The molecule has 1 fully saturated rings. The Hall–Kier alpha value is -1.60. The Morgan fingerprint density at radius 1 is 1.24 bits per heavy atom. The van der Waals surface area contributed by atoms with E-state index in [2.05, 4.69) is 19.2 Å². The summed E-state index contributed by atoms with van der Waals surface area (Å²) in [5.41, 5.74) is 1.13. The van der Waals surface area contributed by atoms with E-state index in [-0.39, 0.29) is 23.5 Å². The molecule has 0 saturated heterocycles. The molecule has 1 aliphatic heterocycles. The van der Waals surface area contributed by atoms with Gasteiger partial charge in [0, 0.05) is 19.2 Å². The fourth-order valence-electron chi connectivity index (χ4n) is 3.89. The van der Waals surface area contributed by atoms with Crippen LogP contribution in [0.1, 0.15) is 38.7 Å². The van der Waals surface area contributed by atoms with Crippen molar-refractivity contribution in [3.05, 3.63) is 17.7 Å². The van der Waals surface area contributed by atoms with E-state index in [0.717, 1.165) is 19.3 Å². The van der Waals surface area contributed by atoms with Crippen molar-refractivity contribution in [2.75, 3.05) is 19.0 Å². The highest BCUT2D eigenvalue weighted by atomic mass is 32.2. The molecule has 0 bridgehead atoms. The molecule has 6 nitrogen and oxygen atoms in total. The summed E-state index contributed by atoms with van der Waals surface area (Å²) in [7, 11) is -1.96. The number of ether oxygens (including phenoxy) is 1. The van der Waals surface area contributed by atoms with E-state index in [1.165, 1.54) is 10.4 Å². The van der Waals surface area contributed by atoms with Crippen LogP contribution in [0.15, 0.2) is 17.0 Å². The molecule has 0 aromatic heterocycles. The maximum Gasteiger partial charge on any atom is 0.262 e. The molecule has 1 aliphatic carbocycles. The number of sulfonamides is 1. The van der Waals surface area contributed by atoms with Crippen molar-refractivity contribution >= 4 is 21.6 Å². The summed E-state index contributed by atoms with van der Waals surface area (Å²) in [4.78, 5) is 11.7. The van der Waals surface area contributed by atoms with E-state index in [1.54, 1.807) is 20.0 Å². The van der Waals surface area contributed by atoms with Crippen LogP contribution in [0, 0.1) is 18.8 Å². The van der Waals surface area contributed by atoms with Crippen molar-refractivity contribution in [3.63, 3.8) is 0 Å². The second-order valence-corrected chi connectivity index (χ2v) is 9.27. The third-order valence-electron chi connectivity index (χ3n) is 5.70. The number of carbonyl (C=O) groups is 1. The first-order chi connectivity index (χ1) is 11.7. The maximum absolute atomic E-state index is 13.2. The summed E-state index contributed by atoms with van der Waals surface area (Å²) < 4.78 is 33.4. The maximum atomic E-state index is 13.2. The SMILES string of the molecule is Cc1cc2c(cc1S(=O)(=O)N(C)[C@@H]1CCC[C@H](C)[C@H]1C)OCC(=O)N2. The molecular weight excluding hydrogens is 340 g/mol. The first-order valence-corrected chi connectivity index (χ1v) is 10.2. The van der Waals surface area contributed by atoms with Gasteiger partial charge in [0.05, 0.1) is 10.6 Å². The number of fused-ring (bicyclic) bond motifs is 1. The quantitative estimate of drug-likeness (QED) is 0.892. The average molecular weight is 366 g/mol. The number of nitrogens with one attached hydrogen (secondary N) is 1. The highest BCUT2D eigenvalue weighted by Crippen LogP contribution is 2.37. The lowest BCUT2D eigenvalue weighted by Gasteiger charge is -2.39. The van der Waals surface area contributed by atoms with E-state index in [9.17, 15) is 13.2 Å². The van der Waals surface area contributed by atoms with E-state index >= 15 is 0 Å². The lowest BCUT2D eigenvalue weighted by Crippen LogP contribution is -2.45. The first-order valence-electron chi connectivity index (χ1n) is 8.77. The summed E-state index contributed by atoms with van der Waals surface area (Å²) in [6, 6.07) is 3.21. The minimum atomic E-state index is -3.63. The first kappa shape index (κ1) is 18.2. The standard InChI is InChI=1S/C18H26N2O4S/c1-11-6-5-7-15(13(11)3)20(4)25(22,23)17-9-16-14(8-12(17)2)19-18(21)10-24-16/h8-9,11,13,15H,5-7,10H2,1-4H3,(H,19,21)/t11-,13+,15+/m0/s1. The molecule has 0 unspecified atom stereocenters. The molecule has 1 heterocycles. The Morgan fingerprint density at radius 3 is 2.68 bits per heavy atom. The van der Waals surface area contributed by atoms with Gasteiger partial charge in [-0.3, -0.25) is 4.79 Å². The summed E-state index contributed by atoms with van der Waals surface area (Å²) in [5.74, 6) is 1.01. The topological polar surface area (TPSA) is 75.7 Å². The van der Waals surface area contributed by atoms with Crippen molar-refractivity contribution in [1.29, 1.82) is 0 Å². The highest BCUT2D eigenvalue weighted by Gasteiger charge is 2.37. The van der Waals surface area contributed by atoms with Gasteiger partial charge in [0.1, 0.15) is 5.75 Å². The molecular formula is C18H26N2O4S. The van der Waals surface area contributed by atoms with Gasteiger partial charge in [0.25, 0.3) is 5.91 Å². The van der Waals surface area contributed by atoms with Crippen LogP contribution in [0.2, 0.25) is 0 Å². The lowest BCUT2D eigenvalue weighted by atomic mass is 9.78. The summed E-state index contributed by atoms with van der Waals surface area (Å²) in [6.45, 7) is 5.98. The average Bonchev–Trinajstić information content (AvgIpc) is 2.55. The predicted octanol–water partition coefficient (Wildman–Crippen LogP) is 2.77. The van der Waals surface area contributed by atoms with Crippen LogP contribution in [0.4, 0.5) is 5.69 Å². The van der Waals surface area contributed by atoms with Gasteiger partial charge >= 0.3 is 0 Å². The second-order valence-electron chi connectivity index (χ2n) is 7.31. The van der Waals surface area contributed by atoms with Crippen LogP contribution in [0.3, 0.4) is 0 Å². The zero-order valence-electron chi connectivity index (χ0n) is 15.2. The van der Waals surface area contributed by atoms with Crippen molar-refractivity contribution in [1.82, 2.24) is 4.31 Å². The van der Waals surface area contributed by atoms with Crippen LogP contribution < -0.4 is 10.1 Å². The fourth-order valence-corrected chi connectivity index (χ4v) is 5.58. The summed E-state index contributed by atoms with van der Waals surface area (Å²) in [6.07, 6.45) is 3.09. The number of aryl methyl sites for hydroxylation is 1. The molecule has 3 rings (SSSR count). The fraction of sp³-hybridized carbons (Fsp3) is 0.611. The molecule has 2 aliphatic rings. The number of rotatable bonds is 3. The zero-order valence-corrected chi connectivity index (χ0v) is 16.0. The van der Waals surface area contributed by atoms with Crippen LogP contribution in [-0.4, -0.2) is 38.3 Å². The number of benzene rings is 1. The van der Waals surface area contributed by atoms with Gasteiger partial charge in [-0.15, -0.1) is 0 Å². The summed E-state index contributed by atoms with van der Waals surface area (Å²) in [5, 5.41) is 2.71. The second kappa shape index (κ2) is 6.61. The molecule has 1 amide bonds. The van der Waals surface area contributed by atoms with Gasteiger partial charge in [-0.2, -0.15) is 4.31 Å². The molecule has 0 radical (unpaired) electrons. The Balaban J connectivity index is 1.95. The Labute approximate surface area is 149 Å². The van der Waals surface area contributed by atoms with Gasteiger partial charge in [-0.25, -0.2) is 8.42 Å². The monoisotopic (exact) mass is 366 g/mol. The molecule has 1 N–H and O–H groups in total. The number of carbonyl (C=O) groups excluding carboxylic acids is 1. The number of amides is 1. The highest BCUT2D eigenvalue weighted by molar-refractivity contribution is 7.89. The predicted molar refractivity (Wildman–Crippen MR) is 96.2 cm³/mol. The van der Waals surface area contributed by atoms with Gasteiger partial charge in [-0.05, 0) is 36.8 Å². The molecule has 1 aromatic rings. The number of hydrogen-bond donors (Lipinski definition) is 1. The van der Waals surface area contributed by atoms with Crippen LogP contribution in [0.25, 0.3) is 0 Å². The van der Waals surface area contributed by atoms with Gasteiger partial charge in [-0.1, -0.05) is 26.7 Å². The minimum absolute atomic E-state index is 0.00445. The van der Waals surface area contributed by atoms with Crippen molar-refractivity contribution in [3.8, 4) is 5.75 Å². The van der Waals surface area contributed by atoms with Crippen molar-refractivity contribution in [2.24, 2.45) is 11.8 Å². The van der Waals surface area contributed by atoms with Gasteiger partial charge < -0.3 is 10.1 Å². The third kappa shape index (κ3) is 3.27. The van der Waals surface area contributed by atoms with E-state index in [0.29, 0.717) is 28.8 Å². The van der Waals surface area contributed by atoms with Gasteiger partial charge in [0.15, 0.2) is 6.61 Å². The van der Waals surface area contributed by atoms with Crippen molar-refractivity contribution < 1.29 is 17.9 Å². The smallest absolute Gasteiger partial charge is 0.262 e.